The van der Waals surface area contributed by atoms with Crippen molar-refractivity contribution in [3.05, 3.63) is 42.2 Å². The number of imidazole rings is 1. The summed E-state index contributed by atoms with van der Waals surface area (Å²) < 4.78 is 31.8. The Kier molecular flexibility index (Phi) is 12.4. The molecule has 0 unspecified atom stereocenters. The summed E-state index contributed by atoms with van der Waals surface area (Å²) in [5.41, 5.74) is -1.32. The Bertz CT molecular complexity index is 1770. The number of anilines is 1. The van der Waals surface area contributed by atoms with E-state index in [0.29, 0.717) is 0 Å². The lowest BCUT2D eigenvalue weighted by molar-refractivity contribution is -0.115. The van der Waals surface area contributed by atoms with Gasteiger partial charge < -0.3 is 28.7 Å². The molecular weight excluding hydrogens is 675 g/mol. The van der Waals surface area contributed by atoms with Gasteiger partial charge in [-0.25, -0.2) is 4.98 Å². The van der Waals surface area contributed by atoms with Crippen LogP contribution in [-0.2, 0) is 41.3 Å². The van der Waals surface area contributed by atoms with Crippen molar-refractivity contribution >= 4 is 41.5 Å². The summed E-state index contributed by atoms with van der Waals surface area (Å²) in [6, 6.07) is 15.1. The van der Waals surface area contributed by atoms with E-state index < -0.39 is 55.0 Å². The molecule has 1 aliphatic heterocycles. The van der Waals surface area contributed by atoms with Crippen molar-refractivity contribution in [3.63, 3.8) is 0 Å². The van der Waals surface area contributed by atoms with Crippen molar-refractivity contribution in [2.24, 2.45) is 0 Å². The molecule has 0 radical (unpaired) electrons. The number of aliphatic hydroxyl groups is 2. The van der Waals surface area contributed by atoms with E-state index in [2.05, 4.69) is 20.3 Å². The van der Waals surface area contributed by atoms with Gasteiger partial charge in [0.15, 0.2) is 17.4 Å². The summed E-state index contributed by atoms with van der Waals surface area (Å²) in [5.74, 6) is -0.578. The average Bonchev–Trinajstić information content (AvgIpc) is 3.57. The number of aromatic nitrogens is 4. The Hall–Kier alpha value is -4.08. The fraction of sp³-hybridized carbons (Fsp3) is 0.516. The maximum absolute atomic E-state index is 12.9. The molecule has 1 aromatic carbocycles. The van der Waals surface area contributed by atoms with Gasteiger partial charge in [-0.1, -0.05) is 30.3 Å². The van der Waals surface area contributed by atoms with Crippen LogP contribution in [0, 0.1) is 34.0 Å². The zero-order chi connectivity index (χ0) is 35.8. The van der Waals surface area contributed by atoms with Crippen LogP contribution in [0.3, 0.4) is 0 Å². The van der Waals surface area contributed by atoms with Gasteiger partial charge in [0.25, 0.3) is 0 Å². The number of rotatable bonds is 16. The second-order valence-electron chi connectivity index (χ2n) is 12.3. The number of nitriles is 3. The Morgan fingerprint density at radius 2 is 1.73 bits per heavy atom. The Morgan fingerprint density at radius 1 is 1.08 bits per heavy atom. The van der Waals surface area contributed by atoms with Crippen LogP contribution in [0.1, 0.15) is 58.7 Å². The number of aliphatic hydroxyl groups excluding tert-OH is 2. The van der Waals surface area contributed by atoms with Gasteiger partial charge in [-0.3, -0.25) is 19.2 Å². The predicted molar refractivity (Wildman–Crippen MR) is 177 cm³/mol. The lowest BCUT2D eigenvalue weighted by Gasteiger charge is -2.37. The van der Waals surface area contributed by atoms with E-state index in [1.54, 1.807) is 39.8 Å². The molecule has 18 heteroatoms. The number of ether oxygens (including phenoxy) is 2. The summed E-state index contributed by atoms with van der Waals surface area (Å²) in [6.07, 6.45) is -4.00. The van der Waals surface area contributed by atoms with Crippen molar-refractivity contribution < 1.29 is 38.1 Å². The largest absolute Gasteiger partial charge is 0.475 e. The second kappa shape index (κ2) is 16.1. The van der Waals surface area contributed by atoms with Gasteiger partial charge in [-0.05, 0) is 45.1 Å². The topological polar surface area (TPSA) is 231 Å². The first-order valence-corrected chi connectivity index (χ1v) is 17.8. The van der Waals surface area contributed by atoms with E-state index in [1.165, 1.54) is 10.9 Å². The molecular formula is C31H37N8O8PS. The molecule has 1 saturated heterocycles. The third-order valence-corrected chi connectivity index (χ3v) is 9.69. The van der Waals surface area contributed by atoms with Gasteiger partial charge in [-0.15, -0.1) is 0 Å². The second-order valence-corrected chi connectivity index (χ2v) is 15.1. The van der Waals surface area contributed by atoms with Crippen molar-refractivity contribution in [1.82, 2.24) is 19.5 Å². The summed E-state index contributed by atoms with van der Waals surface area (Å²) in [4.78, 5) is 26.2. The average molecular weight is 713 g/mol. The first-order valence-electron chi connectivity index (χ1n) is 15.2. The number of nitrogens with one attached hydrogen (secondary N) is 1. The zero-order valence-electron chi connectivity index (χ0n) is 27.3. The van der Waals surface area contributed by atoms with Crippen molar-refractivity contribution in [1.29, 1.82) is 15.8 Å². The van der Waals surface area contributed by atoms with E-state index in [-0.39, 0.29) is 55.3 Å². The van der Waals surface area contributed by atoms with Gasteiger partial charge in [0.05, 0.1) is 68.0 Å². The third kappa shape index (κ3) is 9.76. The number of nitrogens with zero attached hydrogens (tertiary/aromatic N) is 7. The fourth-order valence-electron chi connectivity index (χ4n) is 4.84. The lowest BCUT2D eigenvalue weighted by atomic mass is 10.1. The van der Waals surface area contributed by atoms with Gasteiger partial charge in [0, 0.05) is 0 Å². The van der Waals surface area contributed by atoms with E-state index >= 15 is 0 Å². The maximum Gasteiger partial charge on any atom is 0.328 e. The van der Waals surface area contributed by atoms with Gasteiger partial charge in [0.1, 0.15) is 24.9 Å². The molecule has 0 aliphatic carbocycles. The molecule has 0 saturated carbocycles. The number of fused-ring (bicyclic) bond motifs is 1. The van der Waals surface area contributed by atoms with Crippen LogP contribution < -0.4 is 10.1 Å². The maximum atomic E-state index is 12.9. The number of carbonyl (C=O) groups is 1. The van der Waals surface area contributed by atoms with Crippen LogP contribution in [-0.4, -0.2) is 78.4 Å². The number of benzene rings is 1. The van der Waals surface area contributed by atoms with E-state index in [4.69, 9.17) is 40.1 Å². The molecule has 49 heavy (non-hydrogen) atoms. The normalized spacial score (nSPS) is 19.6. The molecule has 0 spiro atoms. The number of carbonyl (C=O) groups excluding carboxylic acids is 1. The molecule has 3 aromatic rings. The fourth-order valence-corrected chi connectivity index (χ4v) is 8.34. The van der Waals surface area contributed by atoms with Gasteiger partial charge in [-0.2, -0.15) is 25.8 Å². The SMILES string of the molecule is CC(C)(CC#N)OP(=S)(O[C@@H]1[C@H](O)[C@@H](CO)O[C@H]1n1cnc2c(OCCC#N)nc(NC(=O)Cc3ccccc3)nc21)OC(C)(C)CC#N. The zero-order valence-corrected chi connectivity index (χ0v) is 29.1. The van der Waals surface area contributed by atoms with Crippen LogP contribution in [0.15, 0.2) is 36.7 Å². The van der Waals surface area contributed by atoms with Crippen LogP contribution >= 0.6 is 6.72 Å². The highest BCUT2D eigenvalue weighted by Crippen LogP contribution is 2.59. The highest BCUT2D eigenvalue weighted by Gasteiger charge is 2.50. The molecule has 1 fully saturated rings. The van der Waals surface area contributed by atoms with E-state index in [9.17, 15) is 25.5 Å². The smallest absolute Gasteiger partial charge is 0.328 e. The number of amides is 1. The first kappa shape index (κ1) is 37.7. The predicted octanol–water partition coefficient (Wildman–Crippen LogP) is 3.58. The molecule has 1 aliphatic rings. The minimum absolute atomic E-state index is 0.0293. The minimum atomic E-state index is -3.90. The Labute approximate surface area is 288 Å². The monoisotopic (exact) mass is 712 g/mol. The highest BCUT2D eigenvalue weighted by molar-refractivity contribution is 8.07. The van der Waals surface area contributed by atoms with E-state index in [0.717, 1.165) is 5.56 Å². The standard InChI is InChI=1S/C31H37N8O8PS/c1-30(2,11-14-33)46-48(49,47-31(3,4)12-15-34)45-25-24(42)21(18-40)44-28(25)39-19-35-23-26(39)37-29(38-27(23)43-16-8-13-32)36-22(41)17-20-9-6-5-7-10-20/h5-7,9-10,19,21,24-25,28,40,42H,8,11-12,16-18H2,1-4H3,(H,36,37,38,41)/t21-,24-,25-,28-/m1/s1. The first-order chi connectivity index (χ1) is 23.2. The summed E-state index contributed by atoms with van der Waals surface area (Å²) in [7, 11) is 0. The molecule has 3 N–H and O–H groups in total. The summed E-state index contributed by atoms with van der Waals surface area (Å²) in [6.45, 7) is 1.96. The van der Waals surface area contributed by atoms with Crippen LogP contribution in [0.5, 0.6) is 5.88 Å². The highest BCUT2D eigenvalue weighted by atomic mass is 32.5. The molecule has 3 heterocycles. The molecule has 0 bridgehead atoms. The quantitative estimate of drug-likeness (QED) is 0.142. The van der Waals surface area contributed by atoms with Crippen LogP contribution in [0.4, 0.5) is 5.95 Å². The minimum Gasteiger partial charge on any atom is -0.475 e. The number of hydrogen-bond acceptors (Lipinski definition) is 15. The van der Waals surface area contributed by atoms with Crippen LogP contribution in [0.2, 0.25) is 0 Å². The van der Waals surface area contributed by atoms with Crippen molar-refractivity contribution in [2.45, 2.75) is 89.1 Å². The Balaban J connectivity index is 1.76. The third-order valence-electron chi connectivity index (χ3n) is 7.05. The molecule has 16 nitrogen and oxygen atoms in total. The van der Waals surface area contributed by atoms with Gasteiger partial charge >= 0.3 is 6.72 Å². The molecule has 260 valence electrons. The van der Waals surface area contributed by atoms with Gasteiger partial charge in [0.2, 0.25) is 17.7 Å². The van der Waals surface area contributed by atoms with Crippen LogP contribution in [0.25, 0.3) is 11.2 Å². The summed E-state index contributed by atoms with van der Waals surface area (Å²) >= 11 is 5.82. The molecule has 1 amide bonds. The lowest BCUT2D eigenvalue weighted by Crippen LogP contribution is -2.37. The Morgan fingerprint density at radius 3 is 2.33 bits per heavy atom. The number of hydrogen-bond donors (Lipinski definition) is 3. The summed E-state index contributed by atoms with van der Waals surface area (Å²) in [5, 5.41) is 51.9. The molecule has 4 atom stereocenters. The molecule has 2 aromatic heterocycles. The van der Waals surface area contributed by atoms with Crippen molar-refractivity contribution in [3.8, 4) is 24.1 Å². The van der Waals surface area contributed by atoms with Crippen molar-refractivity contribution in [2.75, 3.05) is 18.5 Å². The molecule has 4 rings (SSSR count). The van der Waals surface area contributed by atoms with E-state index in [1.807, 2.05) is 36.4 Å².